The van der Waals surface area contributed by atoms with Gasteiger partial charge in [0.05, 0.1) is 36.4 Å². The number of hydrogen-bond acceptors (Lipinski definition) is 6. The van der Waals surface area contributed by atoms with Gasteiger partial charge in [-0.3, -0.25) is 14.8 Å². The molecule has 0 bridgehead atoms. The topological polar surface area (TPSA) is 97.6 Å². The van der Waals surface area contributed by atoms with E-state index in [2.05, 4.69) is 30.9 Å². The number of aromatic nitrogens is 5. The maximum Gasteiger partial charge on any atom is 0.273 e. The van der Waals surface area contributed by atoms with Crippen LogP contribution < -0.4 is 10.6 Å². The van der Waals surface area contributed by atoms with Gasteiger partial charge in [-0.05, 0) is 6.92 Å². The van der Waals surface area contributed by atoms with E-state index in [0.29, 0.717) is 24.0 Å². The Labute approximate surface area is 115 Å². The largest absolute Gasteiger partial charge is 0.345 e. The smallest absolute Gasteiger partial charge is 0.273 e. The first-order valence-electron chi connectivity index (χ1n) is 6.40. The molecule has 1 saturated heterocycles. The van der Waals surface area contributed by atoms with Crippen LogP contribution >= 0.6 is 0 Å². The predicted molar refractivity (Wildman–Crippen MR) is 69.9 cm³/mol. The van der Waals surface area contributed by atoms with Crippen LogP contribution in [-0.2, 0) is 6.54 Å². The lowest BCUT2D eigenvalue weighted by Crippen LogP contribution is -2.43. The van der Waals surface area contributed by atoms with E-state index in [1.54, 1.807) is 23.3 Å². The Kier molecular flexibility index (Phi) is 3.38. The standard InChI is InChI=1S/C12H15N7O/c1-8-2-15-9(3-14-8)4-16-12(20)11-7-19(18-17-11)10-5-13-6-10/h2-3,7,10,13H,4-6H2,1H3,(H,16,20). The van der Waals surface area contributed by atoms with E-state index >= 15 is 0 Å². The van der Waals surface area contributed by atoms with E-state index in [-0.39, 0.29) is 5.91 Å². The highest BCUT2D eigenvalue weighted by Crippen LogP contribution is 2.09. The molecule has 3 heterocycles. The van der Waals surface area contributed by atoms with Gasteiger partial charge in [-0.25, -0.2) is 4.68 Å². The van der Waals surface area contributed by atoms with E-state index in [4.69, 9.17) is 0 Å². The molecule has 104 valence electrons. The molecule has 1 aliphatic heterocycles. The molecule has 1 fully saturated rings. The lowest BCUT2D eigenvalue weighted by Gasteiger charge is -2.26. The normalized spacial score (nSPS) is 14.8. The van der Waals surface area contributed by atoms with Gasteiger partial charge in [0.2, 0.25) is 0 Å². The molecule has 2 aromatic rings. The molecule has 8 heteroatoms. The van der Waals surface area contributed by atoms with Crippen molar-refractivity contribution in [2.75, 3.05) is 13.1 Å². The van der Waals surface area contributed by atoms with Crippen LogP contribution in [0.2, 0.25) is 0 Å². The third kappa shape index (κ3) is 2.64. The first-order chi connectivity index (χ1) is 9.72. The van der Waals surface area contributed by atoms with Gasteiger partial charge in [0.1, 0.15) is 0 Å². The fourth-order valence-corrected chi connectivity index (χ4v) is 1.79. The molecule has 8 nitrogen and oxygen atoms in total. The Hall–Kier alpha value is -2.35. The van der Waals surface area contributed by atoms with Crippen LogP contribution in [0, 0.1) is 6.92 Å². The fourth-order valence-electron chi connectivity index (χ4n) is 1.79. The van der Waals surface area contributed by atoms with Crippen molar-refractivity contribution in [3.05, 3.63) is 35.7 Å². The van der Waals surface area contributed by atoms with Crippen molar-refractivity contribution in [3.63, 3.8) is 0 Å². The van der Waals surface area contributed by atoms with Gasteiger partial charge in [-0.2, -0.15) is 0 Å². The Bertz CT molecular complexity index is 603. The number of aryl methyl sites for hydroxylation is 1. The summed E-state index contributed by atoms with van der Waals surface area (Å²) >= 11 is 0. The Morgan fingerprint density at radius 2 is 2.30 bits per heavy atom. The van der Waals surface area contributed by atoms with E-state index in [0.717, 1.165) is 18.8 Å². The van der Waals surface area contributed by atoms with Gasteiger partial charge in [0.15, 0.2) is 5.69 Å². The van der Waals surface area contributed by atoms with Crippen molar-refractivity contribution in [3.8, 4) is 0 Å². The summed E-state index contributed by atoms with van der Waals surface area (Å²) in [5, 5.41) is 13.7. The molecule has 0 aromatic carbocycles. The molecule has 1 aliphatic rings. The lowest BCUT2D eigenvalue weighted by atomic mass is 10.2. The Morgan fingerprint density at radius 3 is 2.95 bits per heavy atom. The molecule has 0 unspecified atom stereocenters. The van der Waals surface area contributed by atoms with Crippen molar-refractivity contribution < 1.29 is 4.79 Å². The average Bonchev–Trinajstić information content (AvgIpc) is 2.85. The molecule has 0 spiro atoms. The molecular formula is C12H15N7O. The van der Waals surface area contributed by atoms with Gasteiger partial charge >= 0.3 is 0 Å². The van der Waals surface area contributed by atoms with Crippen LogP contribution in [0.15, 0.2) is 18.6 Å². The van der Waals surface area contributed by atoms with Crippen LogP contribution in [-0.4, -0.2) is 44.0 Å². The van der Waals surface area contributed by atoms with E-state index in [1.807, 2.05) is 6.92 Å². The highest BCUT2D eigenvalue weighted by atomic mass is 16.2. The van der Waals surface area contributed by atoms with Gasteiger partial charge in [-0.15, -0.1) is 5.10 Å². The summed E-state index contributed by atoms with van der Waals surface area (Å²) in [7, 11) is 0. The van der Waals surface area contributed by atoms with E-state index in [9.17, 15) is 4.79 Å². The molecule has 20 heavy (non-hydrogen) atoms. The zero-order chi connectivity index (χ0) is 13.9. The monoisotopic (exact) mass is 273 g/mol. The number of nitrogens with one attached hydrogen (secondary N) is 2. The predicted octanol–water partition coefficient (Wildman–Crippen LogP) is -0.549. The lowest BCUT2D eigenvalue weighted by molar-refractivity contribution is 0.0945. The molecule has 0 saturated carbocycles. The summed E-state index contributed by atoms with van der Waals surface area (Å²) in [5.74, 6) is -0.258. The zero-order valence-corrected chi connectivity index (χ0v) is 11.1. The van der Waals surface area contributed by atoms with Gasteiger partial charge < -0.3 is 10.6 Å². The van der Waals surface area contributed by atoms with Crippen LogP contribution in [0.1, 0.15) is 27.9 Å². The number of hydrogen-bond donors (Lipinski definition) is 2. The molecule has 1 amide bonds. The molecule has 2 aromatic heterocycles. The molecule has 0 radical (unpaired) electrons. The number of carbonyl (C=O) groups excluding carboxylic acids is 1. The minimum absolute atomic E-state index is 0.258. The molecule has 0 atom stereocenters. The molecule has 2 N–H and O–H groups in total. The second-order valence-electron chi connectivity index (χ2n) is 4.73. The van der Waals surface area contributed by atoms with Crippen molar-refractivity contribution in [1.82, 2.24) is 35.6 Å². The molecular weight excluding hydrogens is 258 g/mol. The Balaban J connectivity index is 1.58. The molecule has 0 aliphatic carbocycles. The van der Waals surface area contributed by atoms with Crippen molar-refractivity contribution >= 4 is 5.91 Å². The van der Waals surface area contributed by atoms with Crippen LogP contribution in [0.5, 0.6) is 0 Å². The maximum atomic E-state index is 11.9. The van der Waals surface area contributed by atoms with E-state index < -0.39 is 0 Å². The first kappa shape index (κ1) is 12.7. The summed E-state index contributed by atoms with van der Waals surface area (Å²) < 4.78 is 1.72. The molecule has 3 rings (SSSR count). The summed E-state index contributed by atoms with van der Waals surface area (Å²) in [6.07, 6.45) is 4.98. The van der Waals surface area contributed by atoms with Crippen molar-refractivity contribution in [1.29, 1.82) is 0 Å². The van der Waals surface area contributed by atoms with Crippen molar-refractivity contribution in [2.45, 2.75) is 19.5 Å². The quantitative estimate of drug-likeness (QED) is 0.775. The summed E-state index contributed by atoms with van der Waals surface area (Å²) in [6, 6.07) is 0.298. The van der Waals surface area contributed by atoms with Gasteiger partial charge in [-0.1, -0.05) is 5.21 Å². The van der Waals surface area contributed by atoms with Crippen molar-refractivity contribution in [2.24, 2.45) is 0 Å². The zero-order valence-electron chi connectivity index (χ0n) is 11.1. The minimum atomic E-state index is -0.258. The minimum Gasteiger partial charge on any atom is -0.345 e. The Morgan fingerprint density at radius 1 is 1.45 bits per heavy atom. The number of nitrogens with zero attached hydrogens (tertiary/aromatic N) is 5. The van der Waals surface area contributed by atoms with Gasteiger partial charge in [0.25, 0.3) is 5.91 Å². The van der Waals surface area contributed by atoms with Gasteiger partial charge in [0, 0.05) is 19.3 Å². The summed E-state index contributed by atoms with van der Waals surface area (Å²) in [5.41, 5.74) is 1.87. The van der Waals surface area contributed by atoms with Crippen LogP contribution in [0.3, 0.4) is 0 Å². The SMILES string of the molecule is Cc1cnc(CNC(=O)c2cn(C3CNC3)nn2)cn1. The third-order valence-corrected chi connectivity index (χ3v) is 3.14. The van der Waals surface area contributed by atoms with Crippen LogP contribution in [0.4, 0.5) is 0 Å². The highest BCUT2D eigenvalue weighted by Gasteiger charge is 2.21. The average molecular weight is 273 g/mol. The highest BCUT2D eigenvalue weighted by molar-refractivity contribution is 5.91. The summed E-state index contributed by atoms with van der Waals surface area (Å²) in [6.45, 7) is 3.92. The second-order valence-corrected chi connectivity index (χ2v) is 4.73. The number of carbonyl (C=O) groups is 1. The van der Waals surface area contributed by atoms with Crippen LogP contribution in [0.25, 0.3) is 0 Å². The number of amides is 1. The summed E-state index contributed by atoms with van der Waals surface area (Å²) in [4.78, 5) is 20.2. The second kappa shape index (κ2) is 5.33. The van der Waals surface area contributed by atoms with E-state index in [1.165, 1.54) is 0 Å². The maximum absolute atomic E-state index is 11.9. The number of rotatable bonds is 4. The fraction of sp³-hybridized carbons (Fsp3) is 0.417. The first-order valence-corrected chi connectivity index (χ1v) is 6.40. The third-order valence-electron chi connectivity index (χ3n) is 3.14.